The van der Waals surface area contributed by atoms with Crippen LogP contribution in [0.2, 0.25) is 0 Å². The minimum Gasteiger partial charge on any atom is -0.403 e. The van der Waals surface area contributed by atoms with E-state index < -0.39 is 0 Å². The molecule has 0 saturated heterocycles. The molecular weight excluding hydrogens is 326 g/mol. The number of hydrogen-bond donors (Lipinski definition) is 1. The summed E-state index contributed by atoms with van der Waals surface area (Å²) in [5.41, 5.74) is 4.93. The molecular formula is C21H23N3O2. The van der Waals surface area contributed by atoms with Crippen LogP contribution in [-0.4, -0.2) is 16.1 Å². The number of carbonyl (C=O) groups excluding carboxylic acids is 1. The van der Waals surface area contributed by atoms with E-state index in [1.54, 1.807) is 12.1 Å². The van der Waals surface area contributed by atoms with E-state index in [1.807, 2.05) is 44.2 Å². The van der Waals surface area contributed by atoms with Gasteiger partial charge in [0.15, 0.2) is 0 Å². The maximum atomic E-state index is 12.4. The first-order chi connectivity index (χ1) is 12.2. The first kappa shape index (κ1) is 17.9. The lowest BCUT2D eigenvalue weighted by Crippen LogP contribution is -2.14. The zero-order chi connectivity index (χ0) is 18.9. The van der Waals surface area contributed by atoms with Crippen molar-refractivity contribution in [3.63, 3.8) is 0 Å². The van der Waals surface area contributed by atoms with E-state index in [2.05, 4.69) is 36.3 Å². The summed E-state index contributed by atoms with van der Waals surface area (Å²) >= 11 is 0. The van der Waals surface area contributed by atoms with Crippen LogP contribution in [0.25, 0.3) is 11.5 Å². The number of aromatic nitrogens is 2. The summed E-state index contributed by atoms with van der Waals surface area (Å²) in [6.07, 6.45) is 0. The van der Waals surface area contributed by atoms with E-state index >= 15 is 0 Å². The van der Waals surface area contributed by atoms with Gasteiger partial charge in [-0.2, -0.15) is 0 Å². The minimum absolute atomic E-state index is 0.0442. The standard InChI is InChI=1S/C21H23N3O2/c1-13-6-7-16(12-14(13)2)19-23-24-20(26-19)22-18(25)15-8-10-17(11-9-15)21(3,4)5/h6-12H,1-5H3,(H,22,24,25). The SMILES string of the molecule is Cc1ccc(-c2nnc(NC(=O)c3ccc(C(C)(C)C)cc3)o2)cc1C. The van der Waals surface area contributed by atoms with Gasteiger partial charge in [-0.1, -0.05) is 44.1 Å². The third-order valence-corrected chi connectivity index (χ3v) is 4.41. The molecule has 0 aliphatic heterocycles. The van der Waals surface area contributed by atoms with Gasteiger partial charge in [0.1, 0.15) is 0 Å². The van der Waals surface area contributed by atoms with Crippen molar-refractivity contribution in [2.24, 2.45) is 0 Å². The van der Waals surface area contributed by atoms with Crippen LogP contribution in [0.4, 0.5) is 6.01 Å². The van der Waals surface area contributed by atoms with Gasteiger partial charge in [-0.05, 0) is 60.2 Å². The van der Waals surface area contributed by atoms with Crippen molar-refractivity contribution in [2.75, 3.05) is 5.32 Å². The van der Waals surface area contributed by atoms with Gasteiger partial charge < -0.3 is 4.42 Å². The lowest BCUT2D eigenvalue weighted by atomic mass is 9.87. The number of amides is 1. The van der Waals surface area contributed by atoms with Crippen LogP contribution < -0.4 is 5.32 Å². The van der Waals surface area contributed by atoms with Gasteiger partial charge in [0, 0.05) is 11.1 Å². The van der Waals surface area contributed by atoms with Crippen LogP contribution in [0.15, 0.2) is 46.9 Å². The maximum absolute atomic E-state index is 12.4. The number of nitrogens with zero attached hydrogens (tertiary/aromatic N) is 2. The van der Waals surface area contributed by atoms with Crippen molar-refractivity contribution >= 4 is 11.9 Å². The summed E-state index contributed by atoms with van der Waals surface area (Å²) in [7, 11) is 0. The molecule has 0 radical (unpaired) electrons. The number of carbonyl (C=O) groups is 1. The zero-order valence-corrected chi connectivity index (χ0v) is 15.8. The van der Waals surface area contributed by atoms with Crippen LogP contribution in [0.5, 0.6) is 0 Å². The van der Waals surface area contributed by atoms with Gasteiger partial charge in [0.25, 0.3) is 5.91 Å². The monoisotopic (exact) mass is 349 g/mol. The molecule has 5 nitrogen and oxygen atoms in total. The fourth-order valence-corrected chi connectivity index (χ4v) is 2.56. The molecule has 134 valence electrons. The Balaban J connectivity index is 1.74. The molecule has 3 rings (SSSR count). The van der Waals surface area contributed by atoms with E-state index in [4.69, 9.17) is 4.42 Å². The lowest BCUT2D eigenvalue weighted by molar-refractivity contribution is 0.102. The summed E-state index contributed by atoms with van der Waals surface area (Å²) in [5, 5.41) is 10.6. The Morgan fingerprint density at radius 1 is 0.962 bits per heavy atom. The van der Waals surface area contributed by atoms with Gasteiger partial charge in [0.2, 0.25) is 5.89 Å². The second kappa shape index (κ2) is 6.75. The molecule has 5 heteroatoms. The number of anilines is 1. The number of hydrogen-bond acceptors (Lipinski definition) is 4. The van der Waals surface area contributed by atoms with Crippen LogP contribution in [0.1, 0.15) is 47.8 Å². The Hall–Kier alpha value is -2.95. The smallest absolute Gasteiger partial charge is 0.322 e. The van der Waals surface area contributed by atoms with Gasteiger partial charge in [-0.15, -0.1) is 5.10 Å². The first-order valence-corrected chi connectivity index (χ1v) is 8.57. The normalized spacial score (nSPS) is 11.4. The van der Waals surface area contributed by atoms with Crippen LogP contribution in [-0.2, 0) is 5.41 Å². The molecule has 26 heavy (non-hydrogen) atoms. The molecule has 0 aliphatic carbocycles. The average Bonchev–Trinajstić information content (AvgIpc) is 3.05. The van der Waals surface area contributed by atoms with Crippen LogP contribution in [0.3, 0.4) is 0 Å². The Bertz CT molecular complexity index is 935. The molecule has 0 unspecified atom stereocenters. The second-order valence-corrected chi connectivity index (χ2v) is 7.49. The number of nitrogens with one attached hydrogen (secondary N) is 1. The van der Waals surface area contributed by atoms with Crippen molar-refractivity contribution in [3.8, 4) is 11.5 Å². The van der Waals surface area contributed by atoms with E-state index in [9.17, 15) is 4.79 Å². The summed E-state index contributed by atoms with van der Waals surface area (Å²) in [5.74, 6) is 0.104. The number of rotatable bonds is 3. The first-order valence-electron chi connectivity index (χ1n) is 8.57. The van der Waals surface area contributed by atoms with E-state index in [0.717, 1.165) is 11.1 Å². The average molecular weight is 349 g/mol. The highest BCUT2D eigenvalue weighted by Gasteiger charge is 2.16. The predicted octanol–water partition coefficient (Wildman–Crippen LogP) is 4.90. The topological polar surface area (TPSA) is 68.0 Å². The molecule has 1 aromatic heterocycles. The molecule has 1 N–H and O–H groups in total. The van der Waals surface area contributed by atoms with Gasteiger partial charge in [-0.3, -0.25) is 10.1 Å². The van der Waals surface area contributed by atoms with E-state index in [1.165, 1.54) is 11.1 Å². The zero-order valence-electron chi connectivity index (χ0n) is 15.8. The molecule has 2 aromatic carbocycles. The molecule has 3 aromatic rings. The summed E-state index contributed by atoms with van der Waals surface area (Å²) < 4.78 is 5.58. The highest BCUT2D eigenvalue weighted by Crippen LogP contribution is 2.24. The predicted molar refractivity (Wildman–Crippen MR) is 102 cm³/mol. The second-order valence-electron chi connectivity index (χ2n) is 7.49. The van der Waals surface area contributed by atoms with Gasteiger partial charge in [0.05, 0.1) is 0 Å². The van der Waals surface area contributed by atoms with Crippen molar-refractivity contribution in [3.05, 3.63) is 64.7 Å². The Kier molecular flexibility index (Phi) is 4.64. The largest absolute Gasteiger partial charge is 0.403 e. The van der Waals surface area contributed by atoms with Crippen LogP contribution in [0, 0.1) is 13.8 Å². The van der Waals surface area contributed by atoms with E-state index in [0.29, 0.717) is 11.5 Å². The summed E-state index contributed by atoms with van der Waals surface area (Å²) in [6.45, 7) is 10.5. The molecule has 0 aliphatic rings. The highest BCUT2D eigenvalue weighted by molar-refractivity contribution is 6.03. The molecule has 1 amide bonds. The molecule has 0 saturated carbocycles. The van der Waals surface area contributed by atoms with Crippen molar-refractivity contribution in [1.29, 1.82) is 0 Å². The Morgan fingerprint density at radius 2 is 1.65 bits per heavy atom. The fraction of sp³-hybridized carbons (Fsp3) is 0.286. The highest BCUT2D eigenvalue weighted by atomic mass is 16.4. The molecule has 0 atom stereocenters. The number of benzene rings is 2. The quantitative estimate of drug-likeness (QED) is 0.730. The minimum atomic E-state index is -0.277. The van der Waals surface area contributed by atoms with Crippen molar-refractivity contribution < 1.29 is 9.21 Å². The third-order valence-electron chi connectivity index (χ3n) is 4.41. The maximum Gasteiger partial charge on any atom is 0.322 e. The third kappa shape index (κ3) is 3.82. The molecule has 0 fully saturated rings. The molecule has 0 bridgehead atoms. The summed E-state index contributed by atoms with van der Waals surface area (Å²) in [6, 6.07) is 13.5. The Morgan fingerprint density at radius 3 is 2.27 bits per heavy atom. The van der Waals surface area contributed by atoms with Gasteiger partial charge >= 0.3 is 6.01 Å². The van der Waals surface area contributed by atoms with Crippen molar-refractivity contribution in [1.82, 2.24) is 10.2 Å². The molecule has 0 spiro atoms. The fourth-order valence-electron chi connectivity index (χ4n) is 2.56. The Labute approximate surface area is 153 Å². The van der Waals surface area contributed by atoms with Crippen molar-refractivity contribution in [2.45, 2.75) is 40.0 Å². The van der Waals surface area contributed by atoms with Gasteiger partial charge in [-0.25, -0.2) is 0 Å². The lowest BCUT2D eigenvalue weighted by Gasteiger charge is -2.18. The van der Waals surface area contributed by atoms with E-state index in [-0.39, 0.29) is 17.3 Å². The summed E-state index contributed by atoms with van der Waals surface area (Å²) in [4.78, 5) is 12.4. The molecule has 1 heterocycles. The van der Waals surface area contributed by atoms with Crippen LogP contribution >= 0.6 is 0 Å². The number of aryl methyl sites for hydroxylation is 2.